The van der Waals surface area contributed by atoms with Gasteiger partial charge in [-0.05, 0) is 22.4 Å². The second-order valence-electron chi connectivity index (χ2n) is 2.39. The number of aromatic nitrogens is 2. The van der Waals surface area contributed by atoms with Crippen LogP contribution >= 0.6 is 15.9 Å². The Balaban J connectivity index is 2.82. The average molecular weight is 218 g/mol. The van der Waals surface area contributed by atoms with Crippen LogP contribution < -0.4 is 5.73 Å². The standard InChI is InChI=1S/C7H12BrN3/c1-2-3-11-7(8)6(4-9)5-10-11/h5H,2-4,9H2,1H3. The van der Waals surface area contributed by atoms with Gasteiger partial charge in [0, 0.05) is 18.7 Å². The third-order valence-corrected chi connectivity index (χ3v) is 2.42. The zero-order valence-corrected chi connectivity index (χ0v) is 8.13. The van der Waals surface area contributed by atoms with Gasteiger partial charge < -0.3 is 5.73 Å². The number of aryl methyl sites for hydroxylation is 1. The largest absolute Gasteiger partial charge is 0.326 e. The SMILES string of the molecule is CCCn1ncc(CN)c1Br. The quantitative estimate of drug-likeness (QED) is 0.835. The molecule has 1 rings (SSSR count). The molecule has 2 N–H and O–H groups in total. The Hall–Kier alpha value is -0.350. The van der Waals surface area contributed by atoms with Crippen LogP contribution in [0, 0.1) is 0 Å². The first kappa shape index (κ1) is 8.74. The smallest absolute Gasteiger partial charge is 0.108 e. The van der Waals surface area contributed by atoms with Crippen molar-refractivity contribution in [1.29, 1.82) is 0 Å². The van der Waals surface area contributed by atoms with Gasteiger partial charge in [-0.2, -0.15) is 5.10 Å². The molecule has 0 atom stereocenters. The van der Waals surface area contributed by atoms with Crippen molar-refractivity contribution in [2.75, 3.05) is 0 Å². The summed E-state index contributed by atoms with van der Waals surface area (Å²) in [6.07, 6.45) is 2.89. The molecule has 0 radical (unpaired) electrons. The molecule has 0 unspecified atom stereocenters. The van der Waals surface area contributed by atoms with Gasteiger partial charge in [0.25, 0.3) is 0 Å². The van der Waals surface area contributed by atoms with Crippen molar-refractivity contribution in [1.82, 2.24) is 9.78 Å². The molecule has 0 aliphatic rings. The zero-order chi connectivity index (χ0) is 8.27. The molecule has 0 saturated carbocycles. The summed E-state index contributed by atoms with van der Waals surface area (Å²) in [5, 5.41) is 4.17. The van der Waals surface area contributed by atoms with E-state index in [9.17, 15) is 0 Å². The monoisotopic (exact) mass is 217 g/mol. The normalized spacial score (nSPS) is 10.5. The molecule has 0 spiro atoms. The van der Waals surface area contributed by atoms with E-state index in [1.165, 1.54) is 0 Å². The first-order chi connectivity index (χ1) is 5.29. The van der Waals surface area contributed by atoms with Gasteiger partial charge in [-0.15, -0.1) is 0 Å². The van der Waals surface area contributed by atoms with E-state index in [1.54, 1.807) is 6.20 Å². The van der Waals surface area contributed by atoms with Gasteiger partial charge in [-0.3, -0.25) is 4.68 Å². The Morgan fingerprint density at radius 2 is 2.45 bits per heavy atom. The molecule has 0 aliphatic heterocycles. The molecule has 0 aliphatic carbocycles. The van der Waals surface area contributed by atoms with Crippen molar-refractivity contribution in [3.05, 3.63) is 16.4 Å². The fourth-order valence-electron chi connectivity index (χ4n) is 0.914. The van der Waals surface area contributed by atoms with E-state index in [0.29, 0.717) is 6.54 Å². The van der Waals surface area contributed by atoms with E-state index in [4.69, 9.17) is 5.73 Å². The lowest BCUT2D eigenvalue weighted by atomic mass is 10.4. The van der Waals surface area contributed by atoms with Crippen LogP contribution in [-0.2, 0) is 13.1 Å². The van der Waals surface area contributed by atoms with Crippen LogP contribution in [0.5, 0.6) is 0 Å². The summed E-state index contributed by atoms with van der Waals surface area (Å²) in [5.41, 5.74) is 6.54. The van der Waals surface area contributed by atoms with E-state index in [0.717, 1.165) is 23.1 Å². The highest BCUT2D eigenvalue weighted by atomic mass is 79.9. The van der Waals surface area contributed by atoms with E-state index in [1.807, 2.05) is 4.68 Å². The van der Waals surface area contributed by atoms with Gasteiger partial charge in [0.05, 0.1) is 6.20 Å². The number of hydrogen-bond acceptors (Lipinski definition) is 2. The lowest BCUT2D eigenvalue weighted by Gasteiger charge is -1.99. The Morgan fingerprint density at radius 1 is 1.73 bits per heavy atom. The number of hydrogen-bond donors (Lipinski definition) is 1. The van der Waals surface area contributed by atoms with E-state index < -0.39 is 0 Å². The lowest BCUT2D eigenvalue weighted by molar-refractivity contribution is 0.590. The first-order valence-electron chi connectivity index (χ1n) is 3.69. The predicted octanol–water partition coefficient (Wildman–Crippen LogP) is 1.51. The van der Waals surface area contributed by atoms with Crippen LogP contribution in [0.4, 0.5) is 0 Å². The topological polar surface area (TPSA) is 43.8 Å². The summed E-state index contributed by atoms with van der Waals surface area (Å²) in [6, 6.07) is 0. The molecular formula is C7H12BrN3. The molecule has 62 valence electrons. The Bertz CT molecular complexity index is 232. The maximum absolute atomic E-state index is 5.48. The fraction of sp³-hybridized carbons (Fsp3) is 0.571. The third kappa shape index (κ3) is 1.81. The van der Waals surface area contributed by atoms with Crippen molar-refractivity contribution in [2.24, 2.45) is 5.73 Å². The summed E-state index contributed by atoms with van der Waals surface area (Å²) in [5.74, 6) is 0. The molecule has 0 amide bonds. The van der Waals surface area contributed by atoms with Crippen molar-refractivity contribution >= 4 is 15.9 Å². The maximum Gasteiger partial charge on any atom is 0.108 e. The summed E-state index contributed by atoms with van der Waals surface area (Å²) in [7, 11) is 0. The lowest BCUT2D eigenvalue weighted by Crippen LogP contribution is -2.00. The van der Waals surface area contributed by atoms with Crippen LogP contribution in [0.3, 0.4) is 0 Å². The van der Waals surface area contributed by atoms with Crippen LogP contribution in [0.2, 0.25) is 0 Å². The van der Waals surface area contributed by atoms with Crippen LogP contribution in [0.25, 0.3) is 0 Å². The van der Waals surface area contributed by atoms with Crippen LogP contribution in [0.1, 0.15) is 18.9 Å². The van der Waals surface area contributed by atoms with Crippen molar-refractivity contribution in [3.63, 3.8) is 0 Å². The molecule has 0 bridgehead atoms. The van der Waals surface area contributed by atoms with Crippen molar-refractivity contribution in [2.45, 2.75) is 26.4 Å². The van der Waals surface area contributed by atoms with E-state index in [-0.39, 0.29) is 0 Å². The summed E-state index contributed by atoms with van der Waals surface area (Å²) < 4.78 is 2.93. The fourth-order valence-corrected chi connectivity index (χ4v) is 1.45. The average Bonchev–Trinajstić information content (AvgIpc) is 2.34. The Morgan fingerprint density at radius 3 is 2.91 bits per heavy atom. The number of rotatable bonds is 3. The predicted molar refractivity (Wildman–Crippen MR) is 48.1 cm³/mol. The molecule has 1 heterocycles. The number of nitrogens with two attached hydrogens (primary N) is 1. The Kier molecular flexibility index (Phi) is 3.08. The highest BCUT2D eigenvalue weighted by Crippen LogP contribution is 2.15. The molecule has 0 saturated heterocycles. The molecule has 0 aromatic carbocycles. The molecule has 0 fully saturated rings. The number of halogens is 1. The van der Waals surface area contributed by atoms with Crippen LogP contribution in [0.15, 0.2) is 10.8 Å². The maximum atomic E-state index is 5.48. The number of nitrogens with zero attached hydrogens (tertiary/aromatic N) is 2. The molecule has 1 aromatic heterocycles. The van der Waals surface area contributed by atoms with Crippen molar-refractivity contribution < 1.29 is 0 Å². The van der Waals surface area contributed by atoms with E-state index in [2.05, 4.69) is 28.0 Å². The van der Waals surface area contributed by atoms with Gasteiger partial charge in [0.1, 0.15) is 4.60 Å². The third-order valence-electron chi connectivity index (χ3n) is 1.50. The van der Waals surface area contributed by atoms with Crippen molar-refractivity contribution in [3.8, 4) is 0 Å². The summed E-state index contributed by atoms with van der Waals surface area (Å²) in [6.45, 7) is 3.61. The highest BCUT2D eigenvalue weighted by molar-refractivity contribution is 9.10. The van der Waals surface area contributed by atoms with Gasteiger partial charge in [0.15, 0.2) is 0 Å². The second kappa shape index (κ2) is 3.88. The molecular weight excluding hydrogens is 206 g/mol. The highest BCUT2D eigenvalue weighted by Gasteiger charge is 2.03. The zero-order valence-electron chi connectivity index (χ0n) is 6.55. The minimum Gasteiger partial charge on any atom is -0.326 e. The van der Waals surface area contributed by atoms with Gasteiger partial charge in [-0.25, -0.2) is 0 Å². The minimum atomic E-state index is 0.546. The minimum absolute atomic E-state index is 0.546. The molecule has 11 heavy (non-hydrogen) atoms. The Labute approximate surface area is 74.7 Å². The van der Waals surface area contributed by atoms with Gasteiger partial charge in [0.2, 0.25) is 0 Å². The summed E-state index contributed by atoms with van der Waals surface area (Å²) >= 11 is 3.43. The van der Waals surface area contributed by atoms with Gasteiger partial charge in [-0.1, -0.05) is 6.92 Å². The van der Waals surface area contributed by atoms with Crippen LogP contribution in [-0.4, -0.2) is 9.78 Å². The summed E-state index contributed by atoms with van der Waals surface area (Å²) in [4.78, 5) is 0. The second-order valence-corrected chi connectivity index (χ2v) is 3.14. The molecule has 3 nitrogen and oxygen atoms in total. The van der Waals surface area contributed by atoms with Gasteiger partial charge >= 0.3 is 0 Å². The van der Waals surface area contributed by atoms with E-state index >= 15 is 0 Å². The molecule has 4 heteroatoms. The molecule has 1 aromatic rings. The first-order valence-corrected chi connectivity index (χ1v) is 4.49.